The van der Waals surface area contributed by atoms with Crippen molar-refractivity contribution in [2.24, 2.45) is 5.73 Å². The van der Waals surface area contributed by atoms with Gasteiger partial charge in [0.1, 0.15) is 11.8 Å². The molecular weight excluding hydrogens is 188 g/mol. The lowest BCUT2D eigenvalue weighted by molar-refractivity contribution is 0.368. The molecule has 3 nitrogen and oxygen atoms in total. The lowest BCUT2D eigenvalue weighted by Gasteiger charge is -2.06. The fourth-order valence-electron chi connectivity index (χ4n) is 0.935. The van der Waals surface area contributed by atoms with Crippen molar-refractivity contribution in [2.45, 2.75) is 6.54 Å². The van der Waals surface area contributed by atoms with Crippen molar-refractivity contribution >= 4 is 11.6 Å². The Bertz CT molecular complexity index is 333. The van der Waals surface area contributed by atoms with Crippen LogP contribution in [0.3, 0.4) is 0 Å². The van der Waals surface area contributed by atoms with Crippen LogP contribution >= 0.6 is 11.6 Å². The van der Waals surface area contributed by atoms with Gasteiger partial charge in [-0.15, -0.1) is 0 Å². The van der Waals surface area contributed by atoms with Crippen LogP contribution in [0.4, 0.5) is 0 Å². The number of nitrogens with two attached hydrogens (primary N) is 1. The number of nitrogens with zero attached hydrogens (tertiary/aromatic N) is 1. The third kappa shape index (κ3) is 2.35. The molecule has 1 aromatic rings. The number of hydrogen-bond donors (Lipinski definition) is 1. The van der Waals surface area contributed by atoms with Crippen LogP contribution in [0.15, 0.2) is 18.2 Å². The van der Waals surface area contributed by atoms with Gasteiger partial charge in [-0.2, -0.15) is 5.26 Å². The fraction of sp³-hybridized carbons (Fsp3) is 0.222. The zero-order valence-electron chi connectivity index (χ0n) is 6.96. The first-order valence-electron chi connectivity index (χ1n) is 3.76. The highest BCUT2D eigenvalue weighted by Crippen LogP contribution is 2.27. The van der Waals surface area contributed by atoms with Crippen molar-refractivity contribution in [3.8, 4) is 11.8 Å². The lowest BCUT2D eigenvalue weighted by atomic mass is 10.2. The van der Waals surface area contributed by atoms with Crippen molar-refractivity contribution in [3.63, 3.8) is 0 Å². The molecule has 0 amide bonds. The number of rotatable bonds is 3. The number of ether oxygens (including phenoxy) is 1. The number of halogens is 1. The zero-order chi connectivity index (χ0) is 9.68. The maximum Gasteiger partial charge on any atom is 0.174 e. The Kier molecular flexibility index (Phi) is 3.56. The van der Waals surface area contributed by atoms with Crippen LogP contribution in [0.1, 0.15) is 5.56 Å². The summed E-state index contributed by atoms with van der Waals surface area (Å²) in [6.07, 6.45) is 0. The van der Waals surface area contributed by atoms with E-state index < -0.39 is 0 Å². The van der Waals surface area contributed by atoms with Gasteiger partial charge < -0.3 is 10.5 Å². The van der Waals surface area contributed by atoms with Crippen molar-refractivity contribution in [1.29, 1.82) is 5.26 Å². The van der Waals surface area contributed by atoms with Gasteiger partial charge >= 0.3 is 0 Å². The Morgan fingerprint density at radius 2 is 2.31 bits per heavy atom. The van der Waals surface area contributed by atoms with Gasteiger partial charge in [0.25, 0.3) is 0 Å². The molecule has 0 spiro atoms. The van der Waals surface area contributed by atoms with Gasteiger partial charge in [0, 0.05) is 6.54 Å². The van der Waals surface area contributed by atoms with Gasteiger partial charge in [-0.05, 0) is 11.6 Å². The van der Waals surface area contributed by atoms with Gasteiger partial charge in [0.2, 0.25) is 0 Å². The van der Waals surface area contributed by atoms with E-state index in [1.165, 1.54) is 0 Å². The molecule has 0 aromatic heterocycles. The second-order valence-corrected chi connectivity index (χ2v) is 2.76. The Balaban J connectivity index is 2.89. The molecule has 0 saturated carbocycles. The van der Waals surface area contributed by atoms with Crippen LogP contribution in [0.25, 0.3) is 0 Å². The standard InChI is InChI=1S/C9H9ClN2O/c10-9-7(6-12)2-1-3-8(9)13-5-4-11/h1-3H,5-6,12H2. The average molecular weight is 197 g/mol. The fourth-order valence-corrected chi connectivity index (χ4v) is 1.19. The molecule has 0 radical (unpaired) electrons. The Morgan fingerprint density at radius 1 is 1.54 bits per heavy atom. The predicted molar refractivity (Wildman–Crippen MR) is 50.5 cm³/mol. The highest BCUT2D eigenvalue weighted by molar-refractivity contribution is 6.32. The normalized spacial score (nSPS) is 9.31. The summed E-state index contributed by atoms with van der Waals surface area (Å²) in [7, 11) is 0. The minimum absolute atomic E-state index is 0.00621. The Labute approximate surface area is 81.7 Å². The largest absolute Gasteiger partial charge is 0.477 e. The highest BCUT2D eigenvalue weighted by atomic mass is 35.5. The summed E-state index contributed by atoms with van der Waals surface area (Å²) in [6.45, 7) is 0.357. The monoisotopic (exact) mass is 196 g/mol. The molecule has 2 N–H and O–H groups in total. The molecule has 0 atom stereocenters. The first-order valence-corrected chi connectivity index (χ1v) is 4.14. The van der Waals surface area contributed by atoms with Gasteiger partial charge in [0.15, 0.2) is 6.61 Å². The number of hydrogen-bond acceptors (Lipinski definition) is 3. The molecule has 0 bridgehead atoms. The molecule has 13 heavy (non-hydrogen) atoms. The summed E-state index contributed by atoms with van der Waals surface area (Å²) in [5.74, 6) is 0.506. The summed E-state index contributed by atoms with van der Waals surface area (Å²) in [4.78, 5) is 0. The minimum atomic E-state index is -0.00621. The van der Waals surface area contributed by atoms with Crippen LogP contribution in [-0.4, -0.2) is 6.61 Å². The molecule has 0 aliphatic carbocycles. The van der Waals surface area contributed by atoms with E-state index in [-0.39, 0.29) is 6.61 Å². The molecule has 0 unspecified atom stereocenters. The van der Waals surface area contributed by atoms with E-state index in [9.17, 15) is 0 Å². The topological polar surface area (TPSA) is 59.0 Å². The maximum absolute atomic E-state index is 8.30. The van der Waals surface area contributed by atoms with Crippen molar-refractivity contribution in [2.75, 3.05) is 6.61 Å². The van der Waals surface area contributed by atoms with E-state index in [1.807, 2.05) is 12.1 Å². The van der Waals surface area contributed by atoms with Crippen molar-refractivity contribution in [1.82, 2.24) is 0 Å². The molecule has 4 heteroatoms. The van der Waals surface area contributed by atoms with Crippen LogP contribution in [0.5, 0.6) is 5.75 Å². The smallest absolute Gasteiger partial charge is 0.174 e. The van der Waals surface area contributed by atoms with Gasteiger partial charge in [-0.3, -0.25) is 0 Å². The first kappa shape index (κ1) is 9.85. The molecule has 0 fully saturated rings. The van der Waals surface area contributed by atoms with E-state index in [1.54, 1.807) is 12.1 Å². The van der Waals surface area contributed by atoms with Crippen molar-refractivity contribution in [3.05, 3.63) is 28.8 Å². The minimum Gasteiger partial charge on any atom is -0.477 e. The van der Waals surface area contributed by atoms with Gasteiger partial charge in [0.05, 0.1) is 5.02 Å². The van der Waals surface area contributed by atoms with Gasteiger partial charge in [-0.1, -0.05) is 23.7 Å². The van der Waals surface area contributed by atoms with E-state index in [0.717, 1.165) is 5.56 Å². The quantitative estimate of drug-likeness (QED) is 0.801. The average Bonchev–Trinajstić information content (AvgIpc) is 2.16. The molecular formula is C9H9ClN2O. The zero-order valence-corrected chi connectivity index (χ0v) is 7.71. The molecule has 1 aromatic carbocycles. The van der Waals surface area contributed by atoms with E-state index >= 15 is 0 Å². The summed E-state index contributed by atoms with van der Waals surface area (Å²) < 4.78 is 5.08. The molecule has 68 valence electrons. The van der Waals surface area contributed by atoms with E-state index in [0.29, 0.717) is 17.3 Å². The Hall–Kier alpha value is -1.24. The molecule has 1 rings (SSSR count). The third-order valence-corrected chi connectivity index (χ3v) is 1.98. The number of nitriles is 1. The maximum atomic E-state index is 8.30. The predicted octanol–water partition coefficient (Wildman–Crippen LogP) is 1.70. The van der Waals surface area contributed by atoms with Gasteiger partial charge in [-0.25, -0.2) is 0 Å². The lowest BCUT2D eigenvalue weighted by Crippen LogP contribution is -2.00. The van der Waals surface area contributed by atoms with Crippen LogP contribution in [0, 0.1) is 11.3 Å². The summed E-state index contributed by atoms with van der Waals surface area (Å²) in [5.41, 5.74) is 6.26. The SMILES string of the molecule is N#CCOc1cccc(CN)c1Cl. The summed E-state index contributed by atoms with van der Waals surface area (Å²) in [6, 6.07) is 7.19. The molecule has 0 saturated heterocycles. The molecule has 0 heterocycles. The van der Waals surface area contributed by atoms with Crippen molar-refractivity contribution < 1.29 is 4.74 Å². The van der Waals surface area contributed by atoms with Crippen LogP contribution < -0.4 is 10.5 Å². The van der Waals surface area contributed by atoms with E-state index in [4.69, 9.17) is 27.3 Å². The highest BCUT2D eigenvalue weighted by Gasteiger charge is 2.04. The summed E-state index contributed by atoms with van der Waals surface area (Å²) >= 11 is 5.93. The number of benzene rings is 1. The third-order valence-electron chi connectivity index (χ3n) is 1.56. The first-order chi connectivity index (χ1) is 6.29. The van der Waals surface area contributed by atoms with Crippen LogP contribution in [-0.2, 0) is 6.54 Å². The molecule has 0 aliphatic heterocycles. The van der Waals surface area contributed by atoms with E-state index in [2.05, 4.69) is 0 Å². The van der Waals surface area contributed by atoms with Crippen LogP contribution in [0.2, 0.25) is 5.02 Å². The molecule has 0 aliphatic rings. The second-order valence-electron chi connectivity index (χ2n) is 2.38. The Morgan fingerprint density at radius 3 is 2.92 bits per heavy atom. The second kappa shape index (κ2) is 4.70. The summed E-state index contributed by atoms with van der Waals surface area (Å²) in [5, 5.41) is 8.79.